The van der Waals surface area contributed by atoms with Crippen molar-refractivity contribution in [2.75, 3.05) is 23.7 Å². The smallest absolute Gasteiger partial charge is 0.346 e. The lowest BCUT2D eigenvalue weighted by molar-refractivity contribution is 0.0701. The van der Waals surface area contributed by atoms with Crippen molar-refractivity contribution in [1.82, 2.24) is 9.97 Å². The number of hydrogen-bond acceptors (Lipinski definition) is 7. The van der Waals surface area contributed by atoms with Crippen molar-refractivity contribution in [1.29, 1.82) is 0 Å². The van der Waals surface area contributed by atoms with Gasteiger partial charge in [0.1, 0.15) is 9.09 Å². The van der Waals surface area contributed by atoms with Crippen LogP contribution in [0.5, 0.6) is 0 Å². The van der Waals surface area contributed by atoms with Gasteiger partial charge in [0.25, 0.3) is 10.0 Å². The molecular weight excluding hydrogens is 328 g/mol. The van der Waals surface area contributed by atoms with Crippen molar-refractivity contribution >= 4 is 39.0 Å². The molecule has 0 bridgehead atoms. The first kappa shape index (κ1) is 16.2. The lowest BCUT2D eigenvalue weighted by Crippen LogP contribution is -2.15. The average molecular weight is 342 g/mol. The van der Waals surface area contributed by atoms with Crippen LogP contribution in [0.25, 0.3) is 0 Å². The van der Waals surface area contributed by atoms with Crippen LogP contribution in [-0.4, -0.2) is 43.6 Å². The van der Waals surface area contributed by atoms with E-state index < -0.39 is 16.0 Å². The van der Waals surface area contributed by atoms with Crippen molar-refractivity contribution < 1.29 is 18.3 Å². The van der Waals surface area contributed by atoms with E-state index in [0.717, 1.165) is 0 Å². The Morgan fingerprint density at radius 2 is 1.91 bits per heavy atom. The second-order valence-electron chi connectivity index (χ2n) is 4.65. The zero-order valence-corrected chi connectivity index (χ0v) is 13.7. The summed E-state index contributed by atoms with van der Waals surface area (Å²) in [6, 6.07) is 1.32. The molecule has 10 heteroatoms. The van der Waals surface area contributed by atoms with E-state index in [2.05, 4.69) is 14.7 Å². The van der Waals surface area contributed by atoms with Crippen LogP contribution in [0.4, 0.5) is 11.6 Å². The van der Waals surface area contributed by atoms with Crippen LogP contribution in [0.2, 0.25) is 0 Å². The molecule has 0 aliphatic heterocycles. The van der Waals surface area contributed by atoms with Crippen molar-refractivity contribution in [3.8, 4) is 0 Å². The first-order valence-electron chi connectivity index (χ1n) is 6.06. The highest BCUT2D eigenvalue weighted by Gasteiger charge is 2.22. The van der Waals surface area contributed by atoms with E-state index in [1.807, 2.05) is 0 Å². The molecule has 0 amide bonds. The molecule has 8 nitrogen and oxygen atoms in total. The molecule has 0 spiro atoms. The lowest BCUT2D eigenvalue weighted by Gasteiger charge is -2.10. The molecule has 2 aromatic heterocycles. The lowest BCUT2D eigenvalue weighted by atomic mass is 10.3. The third-order valence-corrected chi connectivity index (χ3v) is 5.72. The van der Waals surface area contributed by atoms with Crippen LogP contribution < -0.4 is 9.62 Å². The van der Waals surface area contributed by atoms with E-state index >= 15 is 0 Å². The fourth-order valence-corrected chi connectivity index (χ4v) is 4.01. The SMILES string of the molecule is Cc1cc(S(=O)(=O)Nc2cnc(N(C)C)nc2)sc1C(=O)O. The van der Waals surface area contributed by atoms with Gasteiger partial charge in [0.15, 0.2) is 0 Å². The highest BCUT2D eigenvalue weighted by atomic mass is 32.2. The van der Waals surface area contributed by atoms with Crippen LogP contribution >= 0.6 is 11.3 Å². The van der Waals surface area contributed by atoms with Gasteiger partial charge in [-0.15, -0.1) is 11.3 Å². The van der Waals surface area contributed by atoms with E-state index in [1.165, 1.54) is 18.5 Å². The summed E-state index contributed by atoms with van der Waals surface area (Å²) in [5.41, 5.74) is 0.602. The summed E-state index contributed by atoms with van der Waals surface area (Å²) in [7, 11) is -0.340. The maximum absolute atomic E-state index is 12.2. The predicted molar refractivity (Wildman–Crippen MR) is 83.2 cm³/mol. The molecule has 0 atom stereocenters. The number of sulfonamides is 1. The summed E-state index contributed by atoms with van der Waals surface area (Å²) in [5, 5.41) is 8.99. The van der Waals surface area contributed by atoms with Crippen molar-refractivity contribution in [3.05, 3.63) is 28.9 Å². The zero-order valence-electron chi connectivity index (χ0n) is 12.1. The topological polar surface area (TPSA) is 112 Å². The van der Waals surface area contributed by atoms with E-state index in [1.54, 1.807) is 25.9 Å². The predicted octanol–water partition coefficient (Wildman–Crippen LogP) is 1.41. The molecule has 0 radical (unpaired) electrons. The van der Waals surface area contributed by atoms with E-state index in [4.69, 9.17) is 5.11 Å². The zero-order chi connectivity index (χ0) is 16.5. The number of thiophene rings is 1. The number of aromatic carboxylic acids is 1. The fourth-order valence-electron chi connectivity index (χ4n) is 1.61. The number of carboxylic acids is 1. The van der Waals surface area contributed by atoms with E-state index in [0.29, 0.717) is 22.8 Å². The van der Waals surface area contributed by atoms with E-state index in [-0.39, 0.29) is 14.8 Å². The van der Waals surface area contributed by atoms with Crippen LogP contribution in [0, 0.1) is 6.92 Å². The molecule has 2 N–H and O–H groups in total. The Morgan fingerprint density at radius 1 is 1.32 bits per heavy atom. The molecule has 0 fully saturated rings. The number of anilines is 2. The third kappa shape index (κ3) is 3.34. The van der Waals surface area contributed by atoms with Gasteiger partial charge in [0.2, 0.25) is 5.95 Å². The van der Waals surface area contributed by atoms with Crippen molar-refractivity contribution in [3.63, 3.8) is 0 Å². The molecule has 2 rings (SSSR count). The number of hydrogen-bond donors (Lipinski definition) is 2. The van der Waals surface area contributed by atoms with Gasteiger partial charge in [-0.1, -0.05) is 0 Å². The Hall–Kier alpha value is -2.20. The molecule has 0 saturated heterocycles. The van der Waals surface area contributed by atoms with E-state index in [9.17, 15) is 13.2 Å². The van der Waals surface area contributed by atoms with Gasteiger partial charge in [0, 0.05) is 14.1 Å². The van der Waals surface area contributed by atoms with Crippen LogP contribution in [-0.2, 0) is 10.0 Å². The van der Waals surface area contributed by atoms with Gasteiger partial charge in [-0.05, 0) is 18.6 Å². The molecule has 118 valence electrons. The van der Waals surface area contributed by atoms with Crippen LogP contribution in [0.3, 0.4) is 0 Å². The van der Waals surface area contributed by atoms with Gasteiger partial charge in [0.05, 0.1) is 18.1 Å². The summed E-state index contributed by atoms with van der Waals surface area (Å²) in [6.07, 6.45) is 2.69. The summed E-state index contributed by atoms with van der Waals surface area (Å²) in [5.74, 6) is -0.703. The summed E-state index contributed by atoms with van der Waals surface area (Å²) in [6.45, 7) is 1.55. The Labute approximate surface area is 131 Å². The quantitative estimate of drug-likeness (QED) is 0.844. The molecule has 0 aliphatic carbocycles. The number of carboxylic acid groups (broad SMARTS) is 1. The molecule has 2 heterocycles. The molecule has 2 aromatic rings. The maximum atomic E-state index is 12.2. The minimum Gasteiger partial charge on any atom is -0.477 e. The maximum Gasteiger partial charge on any atom is 0.346 e. The third-order valence-electron chi connectivity index (χ3n) is 2.64. The molecule has 0 saturated carbocycles. The molecule has 0 aromatic carbocycles. The molecule has 0 unspecified atom stereocenters. The molecule has 0 aliphatic rings. The highest BCUT2D eigenvalue weighted by molar-refractivity contribution is 7.94. The minimum absolute atomic E-state index is 0.000388. The van der Waals surface area contributed by atoms with Crippen molar-refractivity contribution in [2.45, 2.75) is 11.1 Å². The number of nitrogens with one attached hydrogen (secondary N) is 1. The molecular formula is C12H14N4O4S2. The first-order valence-corrected chi connectivity index (χ1v) is 8.36. The minimum atomic E-state index is -3.87. The number of aromatic nitrogens is 2. The number of nitrogens with zero attached hydrogens (tertiary/aromatic N) is 3. The normalized spacial score (nSPS) is 11.2. The summed E-state index contributed by atoms with van der Waals surface area (Å²) >= 11 is 0.703. The highest BCUT2D eigenvalue weighted by Crippen LogP contribution is 2.27. The Kier molecular flexibility index (Phi) is 4.33. The first-order chi connectivity index (χ1) is 10.2. The standard InChI is InChI=1S/C12H14N4O4S2/c1-7-4-9(21-10(7)11(17)18)22(19,20)15-8-5-13-12(14-6-8)16(2)3/h4-6,15H,1-3H3,(H,17,18). The summed E-state index contributed by atoms with van der Waals surface area (Å²) < 4.78 is 26.8. The second kappa shape index (κ2) is 5.89. The monoisotopic (exact) mass is 342 g/mol. The molecule has 22 heavy (non-hydrogen) atoms. The van der Waals surface area contributed by atoms with Gasteiger partial charge in [-0.3, -0.25) is 4.72 Å². The van der Waals surface area contributed by atoms with Crippen LogP contribution in [0.1, 0.15) is 15.2 Å². The Bertz CT molecular complexity index is 797. The van der Waals surface area contributed by atoms with Crippen molar-refractivity contribution in [2.24, 2.45) is 0 Å². The Balaban J connectivity index is 2.27. The number of aryl methyl sites for hydroxylation is 1. The fraction of sp³-hybridized carbons (Fsp3) is 0.250. The second-order valence-corrected chi connectivity index (χ2v) is 7.62. The van der Waals surface area contributed by atoms with Crippen LogP contribution in [0.15, 0.2) is 22.7 Å². The number of rotatable bonds is 5. The van der Waals surface area contributed by atoms with Gasteiger partial charge < -0.3 is 10.0 Å². The van der Waals surface area contributed by atoms with Gasteiger partial charge in [-0.2, -0.15) is 0 Å². The van der Waals surface area contributed by atoms with Gasteiger partial charge >= 0.3 is 5.97 Å². The van der Waals surface area contributed by atoms with Gasteiger partial charge in [-0.25, -0.2) is 23.2 Å². The largest absolute Gasteiger partial charge is 0.477 e. The number of carbonyl (C=O) groups is 1. The average Bonchev–Trinajstić information content (AvgIpc) is 2.82. The Morgan fingerprint density at radius 3 is 2.36 bits per heavy atom. The summed E-state index contributed by atoms with van der Waals surface area (Å²) in [4.78, 5) is 20.7.